The molecule has 4 aromatic carbocycles. The maximum absolute atomic E-state index is 5.31. The molecule has 4 aromatic heterocycles. The van der Waals surface area contributed by atoms with Crippen LogP contribution in [0.25, 0.3) is 44.3 Å². The first-order valence-electron chi connectivity index (χ1n) is 16.3. The average Bonchev–Trinajstić information content (AvgIpc) is 3.84. The Labute approximate surface area is 293 Å². The van der Waals surface area contributed by atoms with Gasteiger partial charge in [0.25, 0.3) is 0 Å². The Morgan fingerprint density at radius 1 is 0.562 bits per heavy atom. The molecule has 234 valence electrons. The smallest absolute Gasteiger partial charge is 0.657 e. The summed E-state index contributed by atoms with van der Waals surface area (Å²) in [4.78, 5) is 14.7. The second-order valence-electron chi connectivity index (χ2n) is 12.3. The number of aryl methyl sites for hydroxylation is 1. The van der Waals surface area contributed by atoms with Crippen molar-refractivity contribution in [3.63, 3.8) is 0 Å². The van der Waals surface area contributed by atoms with E-state index in [-0.39, 0.29) is 21.1 Å². The molecule has 0 fully saturated rings. The number of fused-ring (bicyclic) bond motifs is 7. The fourth-order valence-electron chi connectivity index (χ4n) is 7.64. The largest absolute Gasteiger partial charge is 2.00 e. The topological polar surface area (TPSA) is 66.9 Å². The Kier molecular flexibility index (Phi) is 7.86. The van der Waals surface area contributed by atoms with Crippen LogP contribution in [0.5, 0.6) is 0 Å². The molecule has 0 N–H and O–H groups in total. The number of rotatable bonds is 3. The fourth-order valence-corrected chi connectivity index (χ4v) is 7.64. The number of aromatic nitrogens is 5. The average molecular weight is 801 g/mol. The van der Waals surface area contributed by atoms with E-state index in [1.54, 1.807) is 0 Å². The summed E-state index contributed by atoms with van der Waals surface area (Å²) in [7, 11) is 0. The molecule has 6 heteroatoms. The van der Waals surface area contributed by atoms with Gasteiger partial charge in [0.05, 0.1) is 17.1 Å². The summed E-state index contributed by atoms with van der Waals surface area (Å²) in [6.45, 7) is 0. The van der Waals surface area contributed by atoms with Crippen molar-refractivity contribution in [3.8, 4) is 22.5 Å². The van der Waals surface area contributed by atoms with E-state index in [0.717, 1.165) is 52.3 Å². The molecule has 2 aliphatic carbocycles. The van der Waals surface area contributed by atoms with Crippen molar-refractivity contribution in [2.24, 2.45) is 0 Å². The quantitative estimate of drug-likeness (QED) is 0.179. The number of hydrogen-bond donors (Lipinski definition) is 0. The zero-order chi connectivity index (χ0) is 31.2. The number of pyridine rings is 2. The SMILES string of the molecule is [Pt+2].c1ccc(C2(c3cccc(-c4[n-]nc5c4CCCC5)n3)c3ccccc3-c3ccccc32)nc1.c1ccc2c(c1)[n-]c1ccccc12. The van der Waals surface area contributed by atoms with Crippen LogP contribution in [0.1, 0.15) is 46.6 Å². The monoisotopic (exact) mass is 800 g/mol. The molecular formula is C42H31N5Pt. The van der Waals surface area contributed by atoms with Gasteiger partial charge in [0.2, 0.25) is 0 Å². The number of nitrogens with zero attached hydrogens (tertiary/aromatic N) is 5. The molecule has 5 nitrogen and oxygen atoms in total. The van der Waals surface area contributed by atoms with Crippen LogP contribution in [-0.2, 0) is 39.3 Å². The summed E-state index contributed by atoms with van der Waals surface area (Å²) in [5, 5.41) is 11.6. The summed E-state index contributed by atoms with van der Waals surface area (Å²) in [5.41, 5.74) is 12.7. The van der Waals surface area contributed by atoms with Gasteiger partial charge in [-0.3, -0.25) is 9.97 Å². The second kappa shape index (κ2) is 12.5. The maximum Gasteiger partial charge on any atom is 2.00 e. The van der Waals surface area contributed by atoms with Gasteiger partial charge in [-0.2, -0.15) is 0 Å². The first kappa shape index (κ1) is 30.2. The number of benzene rings is 4. The molecular weight excluding hydrogens is 770 g/mol. The van der Waals surface area contributed by atoms with Crippen LogP contribution < -0.4 is 10.1 Å². The molecule has 48 heavy (non-hydrogen) atoms. The summed E-state index contributed by atoms with van der Waals surface area (Å²) in [6.07, 6.45) is 6.30. The van der Waals surface area contributed by atoms with Gasteiger partial charge in [-0.05, 0) is 88.5 Å². The zero-order valence-electron chi connectivity index (χ0n) is 26.2. The summed E-state index contributed by atoms with van der Waals surface area (Å²) in [5.74, 6) is 0. The van der Waals surface area contributed by atoms with Crippen LogP contribution in [-0.4, -0.2) is 15.1 Å². The minimum atomic E-state index is -0.593. The third-order valence-corrected chi connectivity index (χ3v) is 9.71. The molecule has 0 unspecified atom stereocenters. The van der Waals surface area contributed by atoms with Crippen molar-refractivity contribution >= 4 is 21.8 Å². The Bertz CT molecular complexity index is 2290. The van der Waals surface area contributed by atoms with Gasteiger partial charge < -0.3 is 15.2 Å². The normalized spacial score (nSPS) is 13.9. The molecule has 0 bridgehead atoms. The van der Waals surface area contributed by atoms with Crippen molar-refractivity contribution < 1.29 is 21.1 Å². The van der Waals surface area contributed by atoms with E-state index in [0.29, 0.717) is 0 Å². The van der Waals surface area contributed by atoms with Gasteiger partial charge >= 0.3 is 21.1 Å². The first-order valence-corrected chi connectivity index (χ1v) is 16.3. The molecule has 0 radical (unpaired) electrons. The third kappa shape index (κ3) is 4.76. The van der Waals surface area contributed by atoms with Crippen LogP contribution in [0.3, 0.4) is 0 Å². The van der Waals surface area contributed by atoms with Crippen LogP contribution >= 0.6 is 0 Å². The first-order chi connectivity index (χ1) is 23.3. The van der Waals surface area contributed by atoms with Crippen molar-refractivity contribution in [3.05, 3.63) is 173 Å². The maximum atomic E-state index is 5.31. The fraction of sp³-hybridized carbons (Fsp3) is 0.119. The van der Waals surface area contributed by atoms with Gasteiger partial charge in [0.1, 0.15) is 5.41 Å². The van der Waals surface area contributed by atoms with Crippen molar-refractivity contribution in [2.75, 3.05) is 0 Å². The predicted molar refractivity (Wildman–Crippen MR) is 187 cm³/mol. The van der Waals surface area contributed by atoms with E-state index in [1.165, 1.54) is 51.4 Å². The molecule has 0 saturated carbocycles. The summed E-state index contributed by atoms with van der Waals surface area (Å²) >= 11 is 0. The molecule has 0 spiro atoms. The van der Waals surface area contributed by atoms with E-state index in [2.05, 4.69) is 130 Å². The van der Waals surface area contributed by atoms with E-state index in [1.807, 2.05) is 24.4 Å². The predicted octanol–water partition coefficient (Wildman–Crippen LogP) is 8.69. The Morgan fingerprint density at radius 2 is 1.17 bits per heavy atom. The van der Waals surface area contributed by atoms with Crippen molar-refractivity contribution in [1.29, 1.82) is 0 Å². The van der Waals surface area contributed by atoms with Gasteiger partial charge in [0.15, 0.2) is 0 Å². The third-order valence-electron chi connectivity index (χ3n) is 9.71. The molecule has 0 amide bonds. The van der Waals surface area contributed by atoms with Crippen molar-refractivity contribution in [2.45, 2.75) is 31.1 Å². The Balaban J connectivity index is 0.000000201. The van der Waals surface area contributed by atoms with Crippen LogP contribution in [0, 0.1) is 0 Å². The van der Waals surface area contributed by atoms with E-state index < -0.39 is 5.41 Å². The van der Waals surface area contributed by atoms with Crippen molar-refractivity contribution in [1.82, 2.24) is 25.1 Å². The van der Waals surface area contributed by atoms with Crippen LogP contribution in [0.15, 0.2) is 140 Å². The molecule has 10 rings (SSSR count). The van der Waals surface area contributed by atoms with Crippen LogP contribution in [0.4, 0.5) is 0 Å². The minimum Gasteiger partial charge on any atom is -0.657 e. The molecule has 4 heterocycles. The Hall–Kier alpha value is -5.12. The molecule has 0 atom stereocenters. The van der Waals surface area contributed by atoms with E-state index in [4.69, 9.17) is 9.97 Å². The van der Waals surface area contributed by atoms with Gasteiger partial charge in [-0.25, -0.2) is 0 Å². The van der Waals surface area contributed by atoms with Gasteiger partial charge in [-0.15, -0.1) is 11.0 Å². The summed E-state index contributed by atoms with van der Waals surface area (Å²) < 4.78 is 0. The number of hydrogen-bond acceptors (Lipinski definition) is 3. The minimum absolute atomic E-state index is 0. The van der Waals surface area contributed by atoms with Gasteiger partial charge in [0, 0.05) is 11.9 Å². The van der Waals surface area contributed by atoms with E-state index >= 15 is 0 Å². The molecule has 0 saturated heterocycles. The standard InChI is InChI=1S/C30H23N4.C12H8N.Pt/c1-4-13-23-20(10-1)21-11-2-5-14-24(21)30(23,27-17-7-8-19-31-27)28-18-9-16-26(32-28)29-22-12-3-6-15-25(22)33-34-29;1-3-7-11-9(5-1)10-6-2-4-8-12(10)13-11;/h1-2,4-5,7-11,13-14,16-19H,3,6,12,15H2;1-8H;/q2*-1;+2. The second-order valence-corrected chi connectivity index (χ2v) is 12.3. The van der Waals surface area contributed by atoms with E-state index in [9.17, 15) is 0 Å². The van der Waals surface area contributed by atoms with Crippen LogP contribution in [0.2, 0.25) is 0 Å². The Morgan fingerprint density at radius 3 is 1.85 bits per heavy atom. The molecule has 2 aliphatic rings. The zero-order valence-corrected chi connectivity index (χ0v) is 28.4. The summed E-state index contributed by atoms with van der Waals surface area (Å²) in [6, 6.07) is 46.3. The molecule has 8 aromatic rings. The number of para-hydroxylation sites is 2. The molecule has 0 aliphatic heterocycles. The van der Waals surface area contributed by atoms with Gasteiger partial charge in [-0.1, -0.05) is 115 Å².